The second-order valence-corrected chi connectivity index (χ2v) is 7.19. The minimum Gasteiger partial charge on any atom is -0.324 e. The van der Waals surface area contributed by atoms with Crippen molar-refractivity contribution in [3.05, 3.63) is 67.2 Å². The molecule has 3 heteroatoms. The molecule has 0 aliphatic heterocycles. The molecule has 2 aromatic carbocycles. The third-order valence-electron chi connectivity index (χ3n) is 3.86. The number of hydrogen-bond donors (Lipinski definition) is 1. The fourth-order valence-electron chi connectivity index (χ4n) is 2.81. The number of benzene rings is 2. The van der Waals surface area contributed by atoms with Gasteiger partial charge in [-0.1, -0.05) is 40.2 Å². The average molecular weight is 428 g/mol. The van der Waals surface area contributed by atoms with Gasteiger partial charge in [-0.3, -0.25) is 0 Å². The van der Waals surface area contributed by atoms with Gasteiger partial charge in [0.05, 0.1) is 0 Å². The molecule has 0 spiro atoms. The third-order valence-corrected chi connectivity index (χ3v) is 5.33. The second kappa shape index (κ2) is 5.54. The Morgan fingerprint density at radius 3 is 2.84 bits per heavy atom. The first kappa shape index (κ1) is 13.6. The summed E-state index contributed by atoms with van der Waals surface area (Å²) in [7, 11) is 0. The zero-order valence-corrected chi connectivity index (χ0v) is 14.2. The molecule has 2 atom stereocenters. The molecule has 98 valence electrons. The zero-order chi connectivity index (χ0) is 13.4. The Balaban J connectivity index is 1.76. The van der Waals surface area contributed by atoms with Crippen LogP contribution in [-0.4, -0.2) is 0 Å². The molecular weight excluding hydrogens is 413 g/mol. The van der Waals surface area contributed by atoms with E-state index in [9.17, 15) is 0 Å². The van der Waals surface area contributed by atoms with E-state index in [1.165, 1.54) is 26.7 Å². The molecule has 2 N–H and O–H groups in total. The molecule has 2 aromatic rings. The predicted molar refractivity (Wildman–Crippen MR) is 91.3 cm³/mol. The van der Waals surface area contributed by atoms with E-state index < -0.39 is 0 Å². The lowest BCUT2D eigenvalue weighted by Gasteiger charge is -2.32. The van der Waals surface area contributed by atoms with Gasteiger partial charge in [-0.25, -0.2) is 0 Å². The largest absolute Gasteiger partial charge is 0.324 e. The van der Waals surface area contributed by atoms with Crippen LogP contribution in [0.2, 0.25) is 0 Å². The van der Waals surface area contributed by atoms with Gasteiger partial charge in [0.2, 0.25) is 0 Å². The van der Waals surface area contributed by atoms with Crippen LogP contribution in [0.3, 0.4) is 0 Å². The summed E-state index contributed by atoms with van der Waals surface area (Å²) in [6, 6.07) is 15.2. The number of rotatable bonds is 3. The summed E-state index contributed by atoms with van der Waals surface area (Å²) in [6.45, 7) is 0. The summed E-state index contributed by atoms with van der Waals surface area (Å²) in [6.07, 6.45) is 2.21. The molecule has 0 amide bonds. The Morgan fingerprint density at radius 2 is 2.05 bits per heavy atom. The monoisotopic (exact) mass is 427 g/mol. The van der Waals surface area contributed by atoms with Gasteiger partial charge in [0, 0.05) is 14.1 Å². The Morgan fingerprint density at radius 1 is 1.26 bits per heavy atom. The lowest BCUT2D eigenvalue weighted by molar-refractivity contribution is 0.497. The summed E-state index contributed by atoms with van der Waals surface area (Å²) in [4.78, 5) is 0. The highest BCUT2D eigenvalue weighted by molar-refractivity contribution is 14.1. The highest BCUT2D eigenvalue weighted by Gasteiger charge is 2.27. The Kier molecular flexibility index (Phi) is 3.96. The van der Waals surface area contributed by atoms with Crippen LogP contribution in [0.15, 0.2) is 46.9 Å². The van der Waals surface area contributed by atoms with Gasteiger partial charge < -0.3 is 5.73 Å². The smallest absolute Gasteiger partial charge is 0.0311 e. The van der Waals surface area contributed by atoms with Crippen LogP contribution in [0.5, 0.6) is 0 Å². The van der Waals surface area contributed by atoms with E-state index in [0.717, 1.165) is 10.9 Å². The van der Waals surface area contributed by atoms with Gasteiger partial charge in [0.1, 0.15) is 0 Å². The van der Waals surface area contributed by atoms with Crippen molar-refractivity contribution in [3.63, 3.8) is 0 Å². The fraction of sp³-hybridized carbons (Fsp3) is 0.250. The van der Waals surface area contributed by atoms with Gasteiger partial charge in [-0.05, 0) is 76.2 Å². The molecular formula is C16H15BrIN. The van der Waals surface area contributed by atoms with Crippen molar-refractivity contribution < 1.29 is 0 Å². The minimum atomic E-state index is 0.114. The number of halogens is 2. The third kappa shape index (κ3) is 2.73. The van der Waals surface area contributed by atoms with Crippen molar-refractivity contribution in [2.75, 3.05) is 0 Å². The van der Waals surface area contributed by atoms with Crippen LogP contribution < -0.4 is 5.73 Å². The molecule has 0 radical (unpaired) electrons. The van der Waals surface area contributed by atoms with Crippen molar-refractivity contribution in [2.45, 2.75) is 24.8 Å². The molecule has 2 unspecified atom stereocenters. The molecule has 0 saturated heterocycles. The highest BCUT2D eigenvalue weighted by atomic mass is 127. The molecule has 1 aliphatic rings. The Bertz CT molecular complexity index is 611. The van der Waals surface area contributed by atoms with Gasteiger partial charge in [-0.15, -0.1) is 0 Å². The Hall–Kier alpha value is -0.390. The summed E-state index contributed by atoms with van der Waals surface area (Å²) >= 11 is 5.90. The standard InChI is InChI=1S/C16H15BrIN/c17-12-5-6-15(18)14(9-12)16(19)8-11-7-10-3-1-2-4-13(10)11/h1-6,9,11,16H,7-8,19H2. The van der Waals surface area contributed by atoms with Crippen molar-refractivity contribution in [1.29, 1.82) is 0 Å². The van der Waals surface area contributed by atoms with Crippen LogP contribution in [0.25, 0.3) is 0 Å². The van der Waals surface area contributed by atoms with E-state index in [0.29, 0.717) is 5.92 Å². The number of fused-ring (bicyclic) bond motifs is 1. The molecule has 19 heavy (non-hydrogen) atoms. The number of nitrogens with two attached hydrogens (primary N) is 1. The second-order valence-electron chi connectivity index (χ2n) is 5.11. The van der Waals surface area contributed by atoms with Crippen molar-refractivity contribution in [3.8, 4) is 0 Å². The van der Waals surface area contributed by atoms with Gasteiger partial charge in [0.15, 0.2) is 0 Å². The molecule has 0 heterocycles. The first-order valence-electron chi connectivity index (χ1n) is 6.43. The summed E-state index contributed by atoms with van der Waals surface area (Å²) in [5.41, 5.74) is 10.6. The van der Waals surface area contributed by atoms with E-state index in [1.807, 2.05) is 0 Å². The normalized spacial score (nSPS) is 18.6. The van der Waals surface area contributed by atoms with Crippen LogP contribution >= 0.6 is 38.5 Å². The van der Waals surface area contributed by atoms with Crippen LogP contribution in [0.4, 0.5) is 0 Å². The maximum absolute atomic E-state index is 6.41. The van der Waals surface area contributed by atoms with Gasteiger partial charge in [-0.2, -0.15) is 0 Å². The van der Waals surface area contributed by atoms with Crippen LogP contribution in [0.1, 0.15) is 35.1 Å². The number of hydrogen-bond acceptors (Lipinski definition) is 1. The predicted octanol–water partition coefficient (Wildman–Crippen LogP) is 4.78. The van der Waals surface area contributed by atoms with Crippen molar-refractivity contribution in [2.24, 2.45) is 5.73 Å². The molecule has 0 fully saturated rings. The topological polar surface area (TPSA) is 26.0 Å². The van der Waals surface area contributed by atoms with Crippen LogP contribution in [0, 0.1) is 3.57 Å². The van der Waals surface area contributed by atoms with E-state index in [2.05, 4.69) is 81.0 Å². The first-order valence-corrected chi connectivity index (χ1v) is 8.30. The van der Waals surface area contributed by atoms with E-state index >= 15 is 0 Å². The summed E-state index contributed by atoms with van der Waals surface area (Å²) < 4.78 is 2.35. The lowest BCUT2D eigenvalue weighted by atomic mass is 9.74. The zero-order valence-electron chi connectivity index (χ0n) is 10.4. The highest BCUT2D eigenvalue weighted by Crippen LogP contribution is 2.40. The fourth-order valence-corrected chi connectivity index (χ4v) is 3.92. The first-order chi connectivity index (χ1) is 9.15. The van der Waals surface area contributed by atoms with Crippen molar-refractivity contribution in [1.82, 2.24) is 0 Å². The van der Waals surface area contributed by atoms with Gasteiger partial charge >= 0.3 is 0 Å². The quantitative estimate of drug-likeness (QED) is 0.700. The summed E-state index contributed by atoms with van der Waals surface area (Å²) in [5, 5.41) is 0. The molecule has 1 aliphatic carbocycles. The molecule has 0 bridgehead atoms. The molecule has 0 saturated carbocycles. The Labute approximate surface area is 135 Å². The van der Waals surface area contributed by atoms with Crippen LogP contribution in [-0.2, 0) is 6.42 Å². The molecule has 1 nitrogen and oxygen atoms in total. The minimum absolute atomic E-state index is 0.114. The molecule has 3 rings (SSSR count). The summed E-state index contributed by atoms with van der Waals surface area (Å²) in [5.74, 6) is 0.626. The maximum Gasteiger partial charge on any atom is 0.0311 e. The lowest BCUT2D eigenvalue weighted by Crippen LogP contribution is -2.23. The maximum atomic E-state index is 6.41. The van der Waals surface area contributed by atoms with Crippen molar-refractivity contribution >= 4 is 38.5 Å². The van der Waals surface area contributed by atoms with Gasteiger partial charge in [0.25, 0.3) is 0 Å². The SMILES string of the molecule is NC(CC1Cc2ccccc21)c1cc(Br)ccc1I. The average Bonchev–Trinajstić information content (AvgIpc) is 2.38. The van der Waals surface area contributed by atoms with E-state index in [-0.39, 0.29) is 6.04 Å². The molecule has 0 aromatic heterocycles. The van der Waals surface area contributed by atoms with E-state index in [4.69, 9.17) is 5.73 Å². The van der Waals surface area contributed by atoms with E-state index in [1.54, 1.807) is 0 Å².